The minimum atomic E-state index is -2.87. The zero-order valence-electron chi connectivity index (χ0n) is 13.6. The zero-order chi connectivity index (χ0) is 18.4. The van der Waals surface area contributed by atoms with E-state index in [2.05, 4.69) is 4.74 Å². The first-order valence-corrected chi connectivity index (χ1v) is 8.92. The molecular formula is C19H16F2O4S. The first-order valence-electron chi connectivity index (χ1n) is 7.87. The summed E-state index contributed by atoms with van der Waals surface area (Å²) < 4.78 is 39.5. The maximum atomic E-state index is 12.4. The molecule has 0 aliphatic rings. The van der Waals surface area contributed by atoms with Gasteiger partial charge < -0.3 is 13.6 Å². The molecule has 0 spiro atoms. The van der Waals surface area contributed by atoms with Gasteiger partial charge in [0.15, 0.2) is 11.5 Å². The number of halogens is 2. The van der Waals surface area contributed by atoms with E-state index >= 15 is 0 Å². The molecule has 1 aromatic carbocycles. The van der Waals surface area contributed by atoms with Crippen LogP contribution in [0.2, 0.25) is 0 Å². The SMILES string of the molecule is O=C(C[C@H](SCc1ccco1)c1ccc(OC(F)F)cc1)c1ccco1. The van der Waals surface area contributed by atoms with Gasteiger partial charge >= 0.3 is 6.61 Å². The van der Waals surface area contributed by atoms with Crippen LogP contribution in [-0.4, -0.2) is 12.4 Å². The minimum Gasteiger partial charge on any atom is -0.468 e. The highest BCUT2D eigenvalue weighted by atomic mass is 32.2. The van der Waals surface area contributed by atoms with Crippen LogP contribution < -0.4 is 4.74 Å². The number of alkyl halides is 2. The predicted molar refractivity (Wildman–Crippen MR) is 93.5 cm³/mol. The normalized spacial score (nSPS) is 12.3. The molecule has 0 saturated heterocycles. The summed E-state index contributed by atoms with van der Waals surface area (Å²) in [6.45, 7) is -2.87. The monoisotopic (exact) mass is 378 g/mol. The van der Waals surface area contributed by atoms with Crippen molar-refractivity contribution in [2.45, 2.75) is 24.0 Å². The summed E-state index contributed by atoms with van der Waals surface area (Å²) in [5.74, 6) is 1.63. The third-order valence-corrected chi connectivity index (χ3v) is 4.94. The number of ether oxygens (including phenoxy) is 1. The van der Waals surface area contributed by atoms with E-state index in [0.29, 0.717) is 11.5 Å². The van der Waals surface area contributed by atoms with Gasteiger partial charge in [0.2, 0.25) is 0 Å². The summed E-state index contributed by atoms with van der Waals surface area (Å²) in [7, 11) is 0. The second kappa shape index (κ2) is 8.71. The van der Waals surface area contributed by atoms with Gasteiger partial charge in [-0.1, -0.05) is 12.1 Å². The quantitative estimate of drug-likeness (QED) is 0.446. The van der Waals surface area contributed by atoms with Gasteiger partial charge in [-0.2, -0.15) is 8.78 Å². The second-order valence-electron chi connectivity index (χ2n) is 5.43. The summed E-state index contributed by atoms with van der Waals surface area (Å²) in [5, 5.41) is -0.182. The third-order valence-electron chi connectivity index (χ3n) is 3.65. The fourth-order valence-electron chi connectivity index (χ4n) is 2.42. The van der Waals surface area contributed by atoms with E-state index in [4.69, 9.17) is 8.83 Å². The summed E-state index contributed by atoms with van der Waals surface area (Å²) in [5.41, 5.74) is 0.836. The molecule has 0 amide bonds. The van der Waals surface area contributed by atoms with Gasteiger partial charge in [-0.15, -0.1) is 11.8 Å². The van der Waals surface area contributed by atoms with Crippen LogP contribution in [0.4, 0.5) is 8.78 Å². The molecule has 0 N–H and O–H groups in total. The average molecular weight is 378 g/mol. The highest BCUT2D eigenvalue weighted by molar-refractivity contribution is 7.98. The maximum Gasteiger partial charge on any atom is 0.387 e. The van der Waals surface area contributed by atoms with Crippen LogP contribution >= 0.6 is 11.8 Å². The fraction of sp³-hybridized carbons (Fsp3) is 0.211. The molecule has 0 saturated carbocycles. The Kier molecular flexibility index (Phi) is 6.12. The predicted octanol–water partition coefficient (Wildman–Crippen LogP) is 5.72. The molecule has 3 rings (SSSR count). The standard InChI is InChI=1S/C19H16F2O4S/c20-19(21)25-14-7-5-13(6-8-14)18(26-12-15-3-1-9-23-15)11-16(22)17-4-2-10-24-17/h1-10,18-19H,11-12H2/t18-/m0/s1. The highest BCUT2D eigenvalue weighted by Crippen LogP contribution is 2.36. The molecule has 0 aliphatic heterocycles. The van der Waals surface area contributed by atoms with Crippen LogP contribution in [-0.2, 0) is 5.75 Å². The van der Waals surface area contributed by atoms with Crippen molar-refractivity contribution in [1.29, 1.82) is 0 Å². The maximum absolute atomic E-state index is 12.4. The van der Waals surface area contributed by atoms with Gasteiger partial charge in [-0.05, 0) is 42.0 Å². The van der Waals surface area contributed by atoms with E-state index in [0.717, 1.165) is 11.3 Å². The lowest BCUT2D eigenvalue weighted by Crippen LogP contribution is -2.06. The number of Topliss-reactive ketones (excluding diaryl/α,β-unsaturated/α-hetero) is 1. The van der Waals surface area contributed by atoms with Crippen molar-refractivity contribution in [3.05, 3.63) is 78.1 Å². The summed E-state index contributed by atoms with van der Waals surface area (Å²) in [6, 6.07) is 13.3. The zero-order valence-corrected chi connectivity index (χ0v) is 14.5. The van der Waals surface area contributed by atoms with Gasteiger partial charge in [0.25, 0.3) is 0 Å². The molecule has 0 bridgehead atoms. The second-order valence-corrected chi connectivity index (χ2v) is 6.62. The number of benzene rings is 1. The topological polar surface area (TPSA) is 52.6 Å². The lowest BCUT2D eigenvalue weighted by atomic mass is 10.1. The summed E-state index contributed by atoms with van der Waals surface area (Å²) >= 11 is 1.53. The van der Waals surface area contributed by atoms with E-state index in [-0.39, 0.29) is 23.2 Å². The first-order chi connectivity index (χ1) is 12.6. The lowest BCUT2D eigenvalue weighted by Gasteiger charge is -2.16. The van der Waals surface area contributed by atoms with Crippen molar-refractivity contribution < 1.29 is 27.1 Å². The Morgan fingerprint density at radius 3 is 2.38 bits per heavy atom. The van der Waals surface area contributed by atoms with E-state index in [1.54, 1.807) is 36.6 Å². The molecule has 2 aromatic heterocycles. The lowest BCUT2D eigenvalue weighted by molar-refractivity contribution is -0.0498. The Morgan fingerprint density at radius 1 is 1.04 bits per heavy atom. The Labute approximate surface area is 153 Å². The Balaban J connectivity index is 1.73. The Hall–Kier alpha value is -2.54. The third kappa shape index (κ3) is 4.98. The molecular weight excluding hydrogens is 362 g/mol. The van der Waals surface area contributed by atoms with Crippen LogP contribution in [0.5, 0.6) is 5.75 Å². The van der Waals surface area contributed by atoms with Crippen LogP contribution in [0.15, 0.2) is 69.9 Å². The number of hydrogen-bond acceptors (Lipinski definition) is 5. The number of thioether (sulfide) groups is 1. The number of rotatable bonds is 9. The molecule has 2 heterocycles. The summed E-state index contributed by atoms with van der Waals surface area (Å²) in [6.07, 6.45) is 3.26. The number of furan rings is 2. The van der Waals surface area contributed by atoms with Crippen molar-refractivity contribution in [3.8, 4) is 5.75 Å². The van der Waals surface area contributed by atoms with Gasteiger partial charge in [0.1, 0.15) is 11.5 Å². The van der Waals surface area contributed by atoms with E-state index < -0.39 is 6.61 Å². The molecule has 0 unspecified atom stereocenters. The van der Waals surface area contributed by atoms with Gasteiger partial charge in [-0.3, -0.25) is 4.79 Å². The molecule has 0 radical (unpaired) electrons. The van der Waals surface area contributed by atoms with E-state index in [1.165, 1.54) is 30.2 Å². The van der Waals surface area contributed by atoms with Crippen molar-refractivity contribution in [2.24, 2.45) is 0 Å². The molecule has 1 atom stereocenters. The van der Waals surface area contributed by atoms with Gasteiger partial charge in [-0.25, -0.2) is 0 Å². The number of carbonyl (C=O) groups excluding carboxylic acids is 1. The smallest absolute Gasteiger partial charge is 0.387 e. The Bertz CT molecular complexity index is 799. The van der Waals surface area contributed by atoms with Crippen molar-refractivity contribution in [2.75, 3.05) is 0 Å². The van der Waals surface area contributed by atoms with Gasteiger partial charge in [0.05, 0.1) is 18.3 Å². The molecule has 4 nitrogen and oxygen atoms in total. The largest absolute Gasteiger partial charge is 0.468 e. The van der Waals surface area contributed by atoms with Crippen molar-refractivity contribution >= 4 is 17.5 Å². The van der Waals surface area contributed by atoms with Crippen molar-refractivity contribution in [3.63, 3.8) is 0 Å². The van der Waals surface area contributed by atoms with Crippen LogP contribution in [0.1, 0.15) is 33.5 Å². The summed E-state index contributed by atoms with van der Waals surface area (Å²) in [4.78, 5) is 12.4. The number of hydrogen-bond donors (Lipinski definition) is 0. The molecule has 0 fully saturated rings. The molecule has 0 aliphatic carbocycles. The molecule has 136 valence electrons. The minimum absolute atomic E-state index is 0.0795. The highest BCUT2D eigenvalue weighted by Gasteiger charge is 2.20. The molecule has 3 aromatic rings. The number of ketones is 1. The molecule has 7 heteroatoms. The van der Waals surface area contributed by atoms with Crippen molar-refractivity contribution in [1.82, 2.24) is 0 Å². The Morgan fingerprint density at radius 2 is 1.77 bits per heavy atom. The average Bonchev–Trinajstić information content (AvgIpc) is 3.32. The van der Waals surface area contributed by atoms with E-state index in [1.807, 2.05) is 6.07 Å². The van der Waals surface area contributed by atoms with Crippen LogP contribution in [0.3, 0.4) is 0 Å². The molecule has 26 heavy (non-hydrogen) atoms. The van der Waals surface area contributed by atoms with E-state index in [9.17, 15) is 13.6 Å². The van der Waals surface area contributed by atoms with Gasteiger partial charge in [0, 0.05) is 11.7 Å². The van der Waals surface area contributed by atoms with Crippen LogP contribution in [0, 0.1) is 0 Å². The first kappa shape index (κ1) is 18.3. The number of carbonyl (C=O) groups is 1. The fourth-order valence-corrected chi connectivity index (χ4v) is 3.57. The van der Waals surface area contributed by atoms with Crippen LogP contribution in [0.25, 0.3) is 0 Å².